The molecule has 1 aromatic carbocycles. The first-order valence-electron chi connectivity index (χ1n) is 11.3. The van der Waals surface area contributed by atoms with Crippen LogP contribution in [-0.2, 0) is 10.0 Å². The van der Waals surface area contributed by atoms with E-state index < -0.39 is 10.0 Å². The highest BCUT2D eigenvalue weighted by molar-refractivity contribution is 7.89. The van der Waals surface area contributed by atoms with Gasteiger partial charge in [-0.05, 0) is 82.7 Å². The average Bonchev–Trinajstić information content (AvgIpc) is 2.74. The van der Waals surface area contributed by atoms with Crippen LogP contribution in [0.1, 0.15) is 56.8 Å². The van der Waals surface area contributed by atoms with Crippen molar-refractivity contribution in [2.24, 2.45) is 11.8 Å². The maximum absolute atomic E-state index is 13.2. The summed E-state index contributed by atoms with van der Waals surface area (Å²) in [5.41, 5.74) is 0.459. The summed E-state index contributed by atoms with van der Waals surface area (Å²) in [5.74, 6) is 1.26. The maximum atomic E-state index is 13.2. The Balaban J connectivity index is 1.67. The Labute approximate surface area is 182 Å². The van der Waals surface area contributed by atoms with Gasteiger partial charge in [0.25, 0.3) is 5.91 Å². The van der Waals surface area contributed by atoms with Gasteiger partial charge < -0.3 is 9.80 Å². The van der Waals surface area contributed by atoms with E-state index in [0.29, 0.717) is 11.5 Å². The Morgan fingerprint density at radius 2 is 1.87 bits per heavy atom. The van der Waals surface area contributed by atoms with E-state index in [0.717, 1.165) is 51.5 Å². The summed E-state index contributed by atoms with van der Waals surface area (Å²) in [5, 5.41) is 0. The minimum Gasteiger partial charge on any atom is -0.338 e. The monoisotopic (exact) mass is 435 g/mol. The van der Waals surface area contributed by atoms with Crippen LogP contribution in [0, 0.1) is 11.8 Å². The second-order valence-corrected chi connectivity index (χ2v) is 11.4. The van der Waals surface area contributed by atoms with Crippen LogP contribution < -0.4 is 0 Å². The fourth-order valence-corrected chi connectivity index (χ4v) is 5.84. The third-order valence-corrected chi connectivity index (χ3v) is 8.71. The Hall–Kier alpha value is -1.44. The first-order valence-corrected chi connectivity index (χ1v) is 12.7. The van der Waals surface area contributed by atoms with Crippen molar-refractivity contribution in [3.63, 3.8) is 0 Å². The lowest BCUT2D eigenvalue weighted by Gasteiger charge is -2.38. The second-order valence-electron chi connectivity index (χ2n) is 9.39. The summed E-state index contributed by atoms with van der Waals surface area (Å²) < 4.78 is 27.0. The molecule has 2 aliphatic heterocycles. The lowest BCUT2D eigenvalue weighted by atomic mass is 9.94. The van der Waals surface area contributed by atoms with Crippen LogP contribution in [0.25, 0.3) is 0 Å². The van der Waals surface area contributed by atoms with Gasteiger partial charge in [0, 0.05) is 38.3 Å². The Bertz CT molecular complexity index is 832. The summed E-state index contributed by atoms with van der Waals surface area (Å²) in [6.45, 7) is 10.9. The van der Waals surface area contributed by atoms with Crippen molar-refractivity contribution in [2.45, 2.75) is 57.4 Å². The zero-order valence-corrected chi connectivity index (χ0v) is 19.7. The molecule has 0 aromatic heterocycles. The summed E-state index contributed by atoms with van der Waals surface area (Å²) in [4.78, 5) is 17.8. The molecule has 2 saturated heterocycles. The van der Waals surface area contributed by atoms with E-state index in [1.54, 1.807) is 25.2 Å². The molecule has 1 aromatic rings. The normalized spacial score (nSPS) is 22.1. The van der Waals surface area contributed by atoms with Crippen LogP contribution in [-0.4, -0.2) is 74.2 Å². The van der Waals surface area contributed by atoms with Crippen molar-refractivity contribution in [3.05, 3.63) is 29.8 Å². The number of rotatable bonds is 6. The Kier molecular flexibility index (Phi) is 7.58. The Morgan fingerprint density at radius 1 is 1.17 bits per heavy atom. The molecule has 168 valence electrons. The predicted molar refractivity (Wildman–Crippen MR) is 120 cm³/mol. The molecular formula is C23H37N3O3S. The minimum absolute atomic E-state index is 0.0591. The molecule has 30 heavy (non-hydrogen) atoms. The zero-order chi connectivity index (χ0) is 21.9. The minimum atomic E-state index is -3.60. The molecule has 1 unspecified atom stereocenters. The summed E-state index contributed by atoms with van der Waals surface area (Å²) in [7, 11) is -2.03. The van der Waals surface area contributed by atoms with E-state index in [9.17, 15) is 13.2 Å². The van der Waals surface area contributed by atoms with E-state index in [-0.39, 0.29) is 16.8 Å². The number of sulfonamides is 1. The van der Waals surface area contributed by atoms with Gasteiger partial charge in [0.05, 0.1) is 4.90 Å². The van der Waals surface area contributed by atoms with Crippen LogP contribution in [0.15, 0.2) is 29.2 Å². The van der Waals surface area contributed by atoms with Gasteiger partial charge in [0.1, 0.15) is 0 Å². The summed E-state index contributed by atoms with van der Waals surface area (Å²) >= 11 is 0. The van der Waals surface area contributed by atoms with Crippen LogP contribution in [0.3, 0.4) is 0 Å². The molecule has 0 radical (unpaired) electrons. The molecule has 2 aliphatic rings. The number of piperidine rings is 2. The number of hydrogen-bond donors (Lipinski definition) is 0. The van der Waals surface area contributed by atoms with Crippen molar-refractivity contribution in [1.29, 1.82) is 0 Å². The molecule has 1 atom stereocenters. The highest BCUT2D eigenvalue weighted by Gasteiger charge is 2.28. The van der Waals surface area contributed by atoms with Crippen molar-refractivity contribution in [1.82, 2.24) is 14.1 Å². The van der Waals surface area contributed by atoms with Crippen molar-refractivity contribution >= 4 is 15.9 Å². The van der Waals surface area contributed by atoms with E-state index in [1.807, 2.05) is 18.7 Å². The fourth-order valence-electron chi connectivity index (χ4n) is 4.42. The van der Waals surface area contributed by atoms with Gasteiger partial charge >= 0.3 is 0 Å². The van der Waals surface area contributed by atoms with Gasteiger partial charge in [0.15, 0.2) is 0 Å². The van der Waals surface area contributed by atoms with Crippen molar-refractivity contribution < 1.29 is 13.2 Å². The number of benzene rings is 1. The smallest absolute Gasteiger partial charge is 0.253 e. The number of nitrogens with zero attached hydrogens (tertiary/aromatic N) is 3. The largest absolute Gasteiger partial charge is 0.338 e. The summed E-state index contributed by atoms with van der Waals surface area (Å²) in [6, 6.07) is 6.36. The number of carbonyl (C=O) groups is 1. The van der Waals surface area contributed by atoms with Crippen LogP contribution in [0.2, 0.25) is 0 Å². The van der Waals surface area contributed by atoms with Gasteiger partial charge in [-0.15, -0.1) is 0 Å². The van der Waals surface area contributed by atoms with Crippen LogP contribution in [0.4, 0.5) is 0 Å². The number of carbonyl (C=O) groups excluding carboxylic acids is 1. The zero-order valence-electron chi connectivity index (χ0n) is 18.9. The molecule has 3 rings (SSSR count). The molecule has 2 heterocycles. The molecule has 7 heteroatoms. The average molecular weight is 436 g/mol. The molecule has 0 saturated carbocycles. The standard InChI is InChI=1S/C23H37N3O3S/c1-18(2)24(4)30(28,29)22-9-5-8-21(15-22)23(27)26-12-6-7-20(17-26)16-25-13-10-19(3)11-14-25/h5,8-9,15,18-20H,6-7,10-14,16-17H2,1-4H3. The van der Waals surface area contributed by atoms with E-state index >= 15 is 0 Å². The molecule has 2 fully saturated rings. The van der Waals surface area contributed by atoms with Gasteiger partial charge in [0.2, 0.25) is 10.0 Å². The first-order chi connectivity index (χ1) is 14.2. The van der Waals surface area contributed by atoms with E-state index in [4.69, 9.17) is 0 Å². The van der Waals surface area contributed by atoms with Crippen molar-refractivity contribution in [2.75, 3.05) is 39.8 Å². The molecule has 0 aliphatic carbocycles. The van der Waals surface area contributed by atoms with Gasteiger partial charge in [-0.3, -0.25) is 4.79 Å². The fraction of sp³-hybridized carbons (Fsp3) is 0.696. The predicted octanol–water partition coefficient (Wildman–Crippen LogP) is 3.30. The molecule has 6 nitrogen and oxygen atoms in total. The second kappa shape index (κ2) is 9.79. The van der Waals surface area contributed by atoms with Gasteiger partial charge in [-0.25, -0.2) is 8.42 Å². The topological polar surface area (TPSA) is 60.9 Å². The molecule has 0 bridgehead atoms. The lowest BCUT2D eigenvalue weighted by molar-refractivity contribution is 0.0622. The first kappa shape index (κ1) is 23.2. The maximum Gasteiger partial charge on any atom is 0.253 e. The third kappa shape index (κ3) is 5.42. The number of hydrogen-bond acceptors (Lipinski definition) is 4. The number of likely N-dealkylation sites (tertiary alicyclic amines) is 2. The molecule has 1 amide bonds. The van der Waals surface area contributed by atoms with Crippen LogP contribution in [0.5, 0.6) is 0 Å². The number of amides is 1. The molecular weight excluding hydrogens is 398 g/mol. The SMILES string of the molecule is CC1CCN(CC2CCCN(C(=O)c3cccc(S(=O)(=O)N(C)C(C)C)c3)C2)CC1. The molecule has 0 spiro atoms. The van der Waals surface area contributed by atoms with Crippen molar-refractivity contribution in [3.8, 4) is 0 Å². The third-order valence-electron chi connectivity index (χ3n) is 6.68. The quantitative estimate of drug-likeness (QED) is 0.688. The van der Waals surface area contributed by atoms with Gasteiger partial charge in [-0.2, -0.15) is 4.31 Å². The molecule has 0 N–H and O–H groups in total. The highest BCUT2D eigenvalue weighted by Crippen LogP contribution is 2.24. The highest BCUT2D eigenvalue weighted by atomic mass is 32.2. The summed E-state index contributed by atoms with van der Waals surface area (Å²) in [6.07, 6.45) is 4.70. The lowest BCUT2D eigenvalue weighted by Crippen LogP contribution is -2.45. The van der Waals surface area contributed by atoms with E-state index in [1.165, 1.54) is 23.2 Å². The van der Waals surface area contributed by atoms with E-state index in [2.05, 4.69) is 11.8 Å². The van der Waals surface area contributed by atoms with Crippen LogP contribution >= 0.6 is 0 Å². The Morgan fingerprint density at radius 3 is 2.53 bits per heavy atom. The van der Waals surface area contributed by atoms with Gasteiger partial charge in [-0.1, -0.05) is 13.0 Å².